The molecule has 0 aromatic heterocycles. The second-order valence-corrected chi connectivity index (χ2v) is 6.07. The lowest BCUT2D eigenvalue weighted by atomic mass is 9.97. The molecule has 0 aromatic carbocycles. The van der Waals surface area contributed by atoms with Gasteiger partial charge in [-0.05, 0) is 39.5 Å². The fraction of sp³-hybridized carbons (Fsp3) is 0.889. The molecule has 0 radical (unpaired) electrons. The molecule has 6 nitrogen and oxygen atoms in total. The molecule has 1 aliphatic heterocycles. The van der Waals surface area contributed by atoms with E-state index in [4.69, 9.17) is 14.5 Å². The highest BCUT2D eigenvalue weighted by Gasteiger charge is 2.27. The monoisotopic (exact) mass is 469 g/mol. The van der Waals surface area contributed by atoms with E-state index in [0.29, 0.717) is 6.61 Å². The summed E-state index contributed by atoms with van der Waals surface area (Å²) in [6, 6.07) is 0. The minimum absolute atomic E-state index is 0. The number of guanidine groups is 1. The standard InChI is InChI=1S/C18H35N3O3.HI/c1-4-7-14-23-15-8-11-20-18(19-5-2)21-12-9-16(10-13-21)17(22)24-6-3;/h16H,4-15H2,1-3H3,(H,19,20);1H. The fourth-order valence-corrected chi connectivity index (χ4v) is 2.71. The zero-order chi connectivity index (χ0) is 17.6. The van der Waals surface area contributed by atoms with Crippen molar-refractivity contribution in [2.75, 3.05) is 46.0 Å². The Labute approximate surface area is 170 Å². The molecule has 148 valence electrons. The molecule has 1 heterocycles. The van der Waals surface area contributed by atoms with E-state index >= 15 is 0 Å². The molecule has 0 aliphatic carbocycles. The second kappa shape index (κ2) is 15.7. The number of nitrogens with one attached hydrogen (secondary N) is 1. The van der Waals surface area contributed by atoms with Gasteiger partial charge in [0.1, 0.15) is 0 Å². The van der Waals surface area contributed by atoms with Crippen molar-refractivity contribution in [1.29, 1.82) is 0 Å². The number of hydrogen-bond acceptors (Lipinski definition) is 4. The number of rotatable bonds is 10. The van der Waals surface area contributed by atoms with Crippen LogP contribution in [0.5, 0.6) is 0 Å². The SMILES string of the molecule is CCCCOCCCN=C(NCC)N1CCC(C(=O)OCC)CC1.I. The third kappa shape index (κ3) is 10.2. The summed E-state index contributed by atoms with van der Waals surface area (Å²) >= 11 is 0. The van der Waals surface area contributed by atoms with Crippen LogP contribution in [-0.4, -0.2) is 62.8 Å². The Morgan fingerprint density at radius 1 is 1.16 bits per heavy atom. The van der Waals surface area contributed by atoms with Crippen molar-refractivity contribution in [2.45, 2.75) is 52.9 Å². The number of nitrogens with zero attached hydrogens (tertiary/aromatic N) is 2. The zero-order valence-electron chi connectivity index (χ0n) is 16.1. The Morgan fingerprint density at radius 3 is 2.44 bits per heavy atom. The van der Waals surface area contributed by atoms with E-state index in [1.165, 1.54) is 6.42 Å². The van der Waals surface area contributed by atoms with Gasteiger partial charge in [0.25, 0.3) is 0 Å². The van der Waals surface area contributed by atoms with Crippen molar-refractivity contribution in [3.05, 3.63) is 0 Å². The summed E-state index contributed by atoms with van der Waals surface area (Å²) in [4.78, 5) is 18.8. The van der Waals surface area contributed by atoms with E-state index in [1.807, 2.05) is 6.92 Å². The smallest absolute Gasteiger partial charge is 0.309 e. The van der Waals surface area contributed by atoms with Crippen molar-refractivity contribution in [3.63, 3.8) is 0 Å². The Morgan fingerprint density at radius 2 is 1.84 bits per heavy atom. The lowest BCUT2D eigenvalue weighted by molar-refractivity contribution is -0.149. The van der Waals surface area contributed by atoms with Crippen LogP contribution in [0, 0.1) is 5.92 Å². The van der Waals surface area contributed by atoms with Gasteiger partial charge in [-0.15, -0.1) is 24.0 Å². The first-order chi connectivity index (χ1) is 11.7. The summed E-state index contributed by atoms with van der Waals surface area (Å²) in [6.45, 7) is 11.5. The molecule has 1 N–H and O–H groups in total. The predicted octanol–water partition coefficient (Wildman–Crippen LogP) is 3.05. The number of halogens is 1. The van der Waals surface area contributed by atoms with Crippen molar-refractivity contribution < 1.29 is 14.3 Å². The van der Waals surface area contributed by atoms with E-state index in [9.17, 15) is 4.79 Å². The molecule has 25 heavy (non-hydrogen) atoms. The van der Waals surface area contributed by atoms with Crippen molar-refractivity contribution in [3.8, 4) is 0 Å². The summed E-state index contributed by atoms with van der Waals surface area (Å²) < 4.78 is 10.7. The molecular weight excluding hydrogens is 433 g/mol. The number of unbranched alkanes of at least 4 members (excludes halogenated alkanes) is 1. The highest BCUT2D eigenvalue weighted by molar-refractivity contribution is 14.0. The molecule has 0 amide bonds. The summed E-state index contributed by atoms with van der Waals surface area (Å²) in [5.74, 6) is 0.938. The predicted molar refractivity (Wildman–Crippen MR) is 113 cm³/mol. The molecule has 0 saturated carbocycles. The quantitative estimate of drug-likeness (QED) is 0.175. The van der Waals surface area contributed by atoms with Crippen molar-refractivity contribution in [2.24, 2.45) is 10.9 Å². The van der Waals surface area contributed by atoms with E-state index < -0.39 is 0 Å². The third-order valence-electron chi connectivity index (χ3n) is 4.10. The van der Waals surface area contributed by atoms with E-state index in [1.54, 1.807) is 0 Å². The minimum Gasteiger partial charge on any atom is -0.466 e. The van der Waals surface area contributed by atoms with E-state index in [0.717, 1.165) is 71.0 Å². The van der Waals surface area contributed by atoms with Gasteiger partial charge in [-0.2, -0.15) is 0 Å². The van der Waals surface area contributed by atoms with Crippen LogP contribution >= 0.6 is 24.0 Å². The van der Waals surface area contributed by atoms with E-state index in [-0.39, 0.29) is 35.9 Å². The zero-order valence-corrected chi connectivity index (χ0v) is 18.4. The van der Waals surface area contributed by atoms with Crippen LogP contribution in [0.25, 0.3) is 0 Å². The molecule has 0 spiro atoms. The molecule has 7 heteroatoms. The van der Waals surface area contributed by atoms with Crippen LogP contribution in [0.4, 0.5) is 0 Å². The van der Waals surface area contributed by atoms with Gasteiger partial charge in [0.05, 0.1) is 12.5 Å². The maximum atomic E-state index is 11.8. The second-order valence-electron chi connectivity index (χ2n) is 6.07. The number of ether oxygens (including phenoxy) is 2. The number of likely N-dealkylation sites (tertiary alicyclic amines) is 1. The Hall–Kier alpha value is -0.570. The van der Waals surface area contributed by atoms with Gasteiger partial charge >= 0.3 is 5.97 Å². The number of piperidine rings is 1. The number of carbonyl (C=O) groups excluding carboxylic acids is 1. The van der Waals surface area contributed by atoms with Gasteiger partial charge in [-0.25, -0.2) is 0 Å². The van der Waals surface area contributed by atoms with Crippen LogP contribution < -0.4 is 5.32 Å². The van der Waals surface area contributed by atoms with Crippen LogP contribution in [0.3, 0.4) is 0 Å². The van der Waals surface area contributed by atoms with Gasteiger partial charge in [0.15, 0.2) is 5.96 Å². The topological polar surface area (TPSA) is 63.2 Å². The van der Waals surface area contributed by atoms with Crippen molar-refractivity contribution >= 4 is 35.9 Å². The molecule has 1 rings (SSSR count). The molecule has 0 unspecified atom stereocenters. The lowest BCUT2D eigenvalue weighted by Crippen LogP contribution is -2.46. The van der Waals surface area contributed by atoms with Crippen LogP contribution in [0.1, 0.15) is 52.9 Å². The van der Waals surface area contributed by atoms with Gasteiger partial charge in [0, 0.05) is 39.4 Å². The number of aliphatic imine (C=N–C) groups is 1. The lowest BCUT2D eigenvalue weighted by Gasteiger charge is -2.33. The maximum Gasteiger partial charge on any atom is 0.309 e. The molecule has 1 saturated heterocycles. The molecular formula is C18H36IN3O3. The maximum absolute atomic E-state index is 11.8. The fourth-order valence-electron chi connectivity index (χ4n) is 2.71. The van der Waals surface area contributed by atoms with Gasteiger partial charge in [-0.3, -0.25) is 9.79 Å². The largest absolute Gasteiger partial charge is 0.466 e. The first kappa shape index (κ1) is 24.4. The van der Waals surface area contributed by atoms with Crippen molar-refractivity contribution in [1.82, 2.24) is 10.2 Å². The molecule has 0 atom stereocenters. The Balaban J connectivity index is 0.00000576. The summed E-state index contributed by atoms with van der Waals surface area (Å²) in [5.41, 5.74) is 0. The Kier molecular flexibility index (Phi) is 15.3. The average Bonchev–Trinajstić information content (AvgIpc) is 2.60. The van der Waals surface area contributed by atoms with Gasteiger partial charge in [0.2, 0.25) is 0 Å². The highest BCUT2D eigenvalue weighted by atomic mass is 127. The minimum atomic E-state index is -0.0525. The Bertz CT molecular complexity index is 373. The first-order valence-electron chi connectivity index (χ1n) is 9.50. The summed E-state index contributed by atoms with van der Waals surface area (Å²) in [7, 11) is 0. The number of carbonyl (C=O) groups is 1. The highest BCUT2D eigenvalue weighted by Crippen LogP contribution is 2.18. The van der Waals surface area contributed by atoms with Crippen LogP contribution in [0.2, 0.25) is 0 Å². The summed E-state index contributed by atoms with van der Waals surface area (Å²) in [6.07, 6.45) is 4.91. The normalized spacial score (nSPS) is 15.6. The molecule has 0 aromatic rings. The van der Waals surface area contributed by atoms with Crippen LogP contribution in [0.15, 0.2) is 4.99 Å². The number of esters is 1. The molecule has 1 fully saturated rings. The van der Waals surface area contributed by atoms with Crippen LogP contribution in [-0.2, 0) is 14.3 Å². The average molecular weight is 469 g/mol. The first-order valence-corrected chi connectivity index (χ1v) is 9.50. The third-order valence-corrected chi connectivity index (χ3v) is 4.10. The van der Waals surface area contributed by atoms with Gasteiger partial charge in [-0.1, -0.05) is 13.3 Å². The number of hydrogen-bond donors (Lipinski definition) is 1. The van der Waals surface area contributed by atoms with Gasteiger partial charge < -0.3 is 19.7 Å². The van der Waals surface area contributed by atoms with E-state index in [2.05, 4.69) is 24.1 Å². The molecule has 1 aliphatic rings. The summed E-state index contributed by atoms with van der Waals surface area (Å²) in [5, 5.41) is 3.35. The molecule has 0 bridgehead atoms.